The summed E-state index contributed by atoms with van der Waals surface area (Å²) >= 11 is 1.96. The number of piperidine rings is 1. The molecule has 2 fully saturated rings. The van der Waals surface area contributed by atoms with Crippen LogP contribution in [-0.4, -0.2) is 48.0 Å². The zero-order chi connectivity index (χ0) is 10.7. The molecule has 0 aromatic carbocycles. The smallest absolute Gasteiger partial charge is 0.227 e. The molecule has 2 saturated heterocycles. The lowest BCUT2D eigenvalue weighted by molar-refractivity contribution is -0.137. The minimum Gasteiger partial charge on any atom is -0.338 e. The first-order valence-electron chi connectivity index (χ1n) is 5.88. The Hall–Kier alpha value is -0.220. The van der Waals surface area contributed by atoms with Gasteiger partial charge in [0.2, 0.25) is 5.91 Å². The highest BCUT2D eigenvalue weighted by Gasteiger charge is 2.30. The number of amides is 1. The monoisotopic (exact) mass is 228 g/mol. The minimum atomic E-state index is 0.240. The van der Waals surface area contributed by atoms with Crippen LogP contribution in [0.15, 0.2) is 0 Å². The van der Waals surface area contributed by atoms with E-state index in [2.05, 4.69) is 17.1 Å². The maximum absolute atomic E-state index is 12.2. The van der Waals surface area contributed by atoms with Crippen molar-refractivity contribution in [3.05, 3.63) is 0 Å². The summed E-state index contributed by atoms with van der Waals surface area (Å²) in [5, 5.41) is 3.32. The van der Waals surface area contributed by atoms with Crippen molar-refractivity contribution < 1.29 is 4.79 Å². The molecule has 2 atom stereocenters. The molecule has 4 heteroatoms. The van der Waals surface area contributed by atoms with E-state index < -0.39 is 0 Å². The standard InChI is InChI=1S/C11H20N2OS/c1-9-8-15-6-5-13(9)11(14)10-3-2-4-12-7-10/h9-10,12H,2-8H2,1H3. The molecule has 2 rings (SSSR count). The Morgan fingerprint density at radius 1 is 1.53 bits per heavy atom. The van der Waals surface area contributed by atoms with Crippen LogP contribution in [-0.2, 0) is 4.79 Å². The number of rotatable bonds is 1. The maximum Gasteiger partial charge on any atom is 0.227 e. The van der Waals surface area contributed by atoms with Crippen LogP contribution in [0.4, 0.5) is 0 Å². The molecule has 86 valence electrons. The minimum absolute atomic E-state index is 0.240. The van der Waals surface area contributed by atoms with Crippen LogP contribution in [0.1, 0.15) is 19.8 Å². The summed E-state index contributed by atoms with van der Waals surface area (Å²) in [6.45, 7) is 5.08. The van der Waals surface area contributed by atoms with Gasteiger partial charge in [-0.3, -0.25) is 4.79 Å². The molecule has 0 radical (unpaired) electrons. The first-order valence-corrected chi connectivity index (χ1v) is 7.03. The average molecular weight is 228 g/mol. The fourth-order valence-corrected chi connectivity index (χ4v) is 3.37. The summed E-state index contributed by atoms with van der Waals surface area (Å²) in [6, 6.07) is 0.429. The van der Waals surface area contributed by atoms with E-state index in [-0.39, 0.29) is 5.92 Å². The van der Waals surface area contributed by atoms with Gasteiger partial charge in [-0.1, -0.05) is 0 Å². The number of thioether (sulfide) groups is 1. The molecule has 0 aliphatic carbocycles. The quantitative estimate of drug-likeness (QED) is 0.725. The second-order valence-corrected chi connectivity index (χ2v) is 5.65. The van der Waals surface area contributed by atoms with Gasteiger partial charge in [0.05, 0.1) is 5.92 Å². The van der Waals surface area contributed by atoms with Crippen LogP contribution in [0.3, 0.4) is 0 Å². The fraction of sp³-hybridized carbons (Fsp3) is 0.909. The molecule has 0 spiro atoms. The van der Waals surface area contributed by atoms with Gasteiger partial charge >= 0.3 is 0 Å². The highest BCUT2D eigenvalue weighted by atomic mass is 32.2. The summed E-state index contributed by atoms with van der Waals surface area (Å²) < 4.78 is 0. The number of hydrogen-bond donors (Lipinski definition) is 1. The van der Waals surface area contributed by atoms with Crippen LogP contribution in [0.2, 0.25) is 0 Å². The van der Waals surface area contributed by atoms with Gasteiger partial charge in [0, 0.05) is 30.6 Å². The van der Waals surface area contributed by atoms with Crippen LogP contribution in [0.5, 0.6) is 0 Å². The molecule has 1 N–H and O–H groups in total. The summed E-state index contributed by atoms with van der Waals surface area (Å²) in [5.74, 6) is 2.83. The van der Waals surface area contributed by atoms with Crippen LogP contribution in [0, 0.1) is 5.92 Å². The molecule has 2 aliphatic rings. The molecule has 2 aliphatic heterocycles. The molecule has 15 heavy (non-hydrogen) atoms. The van der Waals surface area contributed by atoms with Crippen molar-refractivity contribution in [2.45, 2.75) is 25.8 Å². The van der Waals surface area contributed by atoms with Gasteiger partial charge < -0.3 is 10.2 Å². The third-order valence-corrected chi connectivity index (χ3v) is 4.49. The predicted molar refractivity (Wildman–Crippen MR) is 64.1 cm³/mol. The molecule has 0 aromatic heterocycles. The number of nitrogens with one attached hydrogen (secondary N) is 1. The molecule has 2 unspecified atom stereocenters. The highest BCUT2D eigenvalue weighted by Crippen LogP contribution is 2.21. The Bertz CT molecular complexity index is 229. The second kappa shape index (κ2) is 5.21. The summed E-state index contributed by atoms with van der Waals surface area (Å²) in [6.07, 6.45) is 2.22. The lowest BCUT2D eigenvalue weighted by atomic mass is 9.97. The third-order valence-electron chi connectivity index (χ3n) is 3.30. The van der Waals surface area contributed by atoms with Gasteiger partial charge in [0.15, 0.2) is 0 Å². The van der Waals surface area contributed by atoms with Crippen molar-refractivity contribution in [1.82, 2.24) is 10.2 Å². The molecule has 0 aromatic rings. The van der Waals surface area contributed by atoms with Gasteiger partial charge in [-0.25, -0.2) is 0 Å². The van der Waals surface area contributed by atoms with Crippen molar-refractivity contribution in [2.24, 2.45) is 5.92 Å². The maximum atomic E-state index is 12.2. The van der Waals surface area contributed by atoms with Gasteiger partial charge in [0.1, 0.15) is 0 Å². The largest absolute Gasteiger partial charge is 0.338 e. The van der Waals surface area contributed by atoms with Crippen molar-refractivity contribution in [3.8, 4) is 0 Å². The first kappa shape index (κ1) is 11.3. The van der Waals surface area contributed by atoms with Crippen molar-refractivity contribution in [1.29, 1.82) is 0 Å². The third kappa shape index (κ3) is 2.67. The molecule has 2 heterocycles. The van der Waals surface area contributed by atoms with E-state index in [4.69, 9.17) is 0 Å². The Balaban J connectivity index is 1.92. The van der Waals surface area contributed by atoms with Crippen molar-refractivity contribution >= 4 is 17.7 Å². The van der Waals surface area contributed by atoms with Crippen LogP contribution in [0.25, 0.3) is 0 Å². The Morgan fingerprint density at radius 2 is 2.40 bits per heavy atom. The molecular weight excluding hydrogens is 208 g/mol. The van der Waals surface area contributed by atoms with E-state index in [1.165, 1.54) is 0 Å². The van der Waals surface area contributed by atoms with E-state index in [1.54, 1.807) is 0 Å². The van der Waals surface area contributed by atoms with E-state index in [0.717, 1.165) is 44.0 Å². The number of hydrogen-bond acceptors (Lipinski definition) is 3. The first-order chi connectivity index (χ1) is 7.29. The van der Waals surface area contributed by atoms with Gasteiger partial charge in [-0.15, -0.1) is 0 Å². The Labute approximate surface area is 96.0 Å². The molecular formula is C11H20N2OS. The summed E-state index contributed by atoms with van der Waals surface area (Å²) in [7, 11) is 0. The van der Waals surface area contributed by atoms with Crippen LogP contribution < -0.4 is 5.32 Å². The zero-order valence-electron chi connectivity index (χ0n) is 9.37. The molecule has 0 bridgehead atoms. The van der Waals surface area contributed by atoms with E-state index in [0.29, 0.717) is 11.9 Å². The Morgan fingerprint density at radius 3 is 3.07 bits per heavy atom. The second-order valence-electron chi connectivity index (χ2n) is 4.50. The van der Waals surface area contributed by atoms with Crippen LogP contribution >= 0.6 is 11.8 Å². The van der Waals surface area contributed by atoms with Crippen molar-refractivity contribution in [2.75, 3.05) is 31.1 Å². The highest BCUT2D eigenvalue weighted by molar-refractivity contribution is 7.99. The predicted octanol–water partition coefficient (Wildman–Crippen LogP) is 0.950. The number of carbonyl (C=O) groups is 1. The Kier molecular flexibility index (Phi) is 3.92. The number of carbonyl (C=O) groups excluding carboxylic acids is 1. The van der Waals surface area contributed by atoms with Gasteiger partial charge in [0.25, 0.3) is 0 Å². The SMILES string of the molecule is CC1CSCCN1C(=O)C1CCCNC1. The molecule has 1 amide bonds. The zero-order valence-corrected chi connectivity index (χ0v) is 10.2. The normalized spacial score (nSPS) is 32.7. The average Bonchev–Trinajstić information content (AvgIpc) is 2.30. The fourth-order valence-electron chi connectivity index (χ4n) is 2.35. The van der Waals surface area contributed by atoms with E-state index in [1.807, 2.05) is 11.8 Å². The van der Waals surface area contributed by atoms with E-state index >= 15 is 0 Å². The van der Waals surface area contributed by atoms with Gasteiger partial charge in [-0.05, 0) is 26.3 Å². The number of nitrogens with zero attached hydrogens (tertiary/aromatic N) is 1. The summed E-state index contributed by atoms with van der Waals surface area (Å²) in [4.78, 5) is 14.3. The lowest BCUT2D eigenvalue weighted by Gasteiger charge is -2.36. The topological polar surface area (TPSA) is 32.3 Å². The molecule has 0 saturated carbocycles. The van der Waals surface area contributed by atoms with Crippen molar-refractivity contribution in [3.63, 3.8) is 0 Å². The summed E-state index contributed by atoms with van der Waals surface area (Å²) in [5.41, 5.74) is 0. The van der Waals surface area contributed by atoms with E-state index in [9.17, 15) is 4.79 Å². The van der Waals surface area contributed by atoms with Gasteiger partial charge in [-0.2, -0.15) is 11.8 Å². The lowest BCUT2D eigenvalue weighted by Crippen LogP contribution is -2.50. The molecule has 3 nitrogen and oxygen atoms in total.